The summed E-state index contributed by atoms with van der Waals surface area (Å²) in [6, 6.07) is 6.90. The average Bonchev–Trinajstić information content (AvgIpc) is 2.46. The fourth-order valence-electron chi connectivity index (χ4n) is 3.23. The monoisotopic (exact) mass is 420 g/mol. The van der Waals surface area contributed by atoms with Gasteiger partial charge >= 0.3 is 0 Å². The van der Waals surface area contributed by atoms with E-state index in [0.717, 1.165) is 31.0 Å². The maximum absolute atomic E-state index is 6.55. The first-order chi connectivity index (χ1) is 9.92. The molecule has 1 aliphatic rings. The molecule has 1 heterocycles. The second kappa shape index (κ2) is 7.05. The average molecular weight is 421 g/mol. The van der Waals surface area contributed by atoms with Crippen molar-refractivity contribution < 1.29 is 0 Å². The van der Waals surface area contributed by atoms with E-state index < -0.39 is 0 Å². The van der Waals surface area contributed by atoms with E-state index in [9.17, 15) is 0 Å². The van der Waals surface area contributed by atoms with Gasteiger partial charge in [-0.1, -0.05) is 39.3 Å². The van der Waals surface area contributed by atoms with Gasteiger partial charge in [-0.15, -0.1) is 0 Å². The summed E-state index contributed by atoms with van der Waals surface area (Å²) in [5.41, 5.74) is 1.39. The van der Waals surface area contributed by atoms with Gasteiger partial charge in [0.1, 0.15) is 0 Å². The van der Waals surface area contributed by atoms with Crippen LogP contribution in [0.25, 0.3) is 0 Å². The normalized spacial score (nSPS) is 21.9. The number of anilines is 1. The summed E-state index contributed by atoms with van der Waals surface area (Å²) in [4.78, 5) is 2.53. The van der Waals surface area contributed by atoms with Crippen LogP contribution >= 0.6 is 34.2 Å². The Morgan fingerprint density at radius 1 is 1.38 bits per heavy atom. The lowest BCUT2D eigenvalue weighted by Crippen LogP contribution is -2.65. The highest BCUT2D eigenvalue weighted by Gasteiger charge is 2.38. The summed E-state index contributed by atoms with van der Waals surface area (Å²) in [6.07, 6.45) is 2.29. The van der Waals surface area contributed by atoms with E-state index in [4.69, 9.17) is 11.6 Å². The largest absolute Gasteiger partial charge is 0.364 e. The van der Waals surface area contributed by atoms with Gasteiger partial charge in [0.15, 0.2) is 0 Å². The Balaban J connectivity index is 2.38. The first-order valence-electron chi connectivity index (χ1n) is 7.89. The molecule has 1 atom stereocenters. The summed E-state index contributed by atoms with van der Waals surface area (Å²) in [6.45, 7) is 11.2. The lowest BCUT2D eigenvalue weighted by atomic mass is 9.86. The van der Waals surface area contributed by atoms with E-state index in [1.807, 2.05) is 0 Å². The molecule has 118 valence electrons. The van der Waals surface area contributed by atoms with Crippen LogP contribution in [-0.4, -0.2) is 24.7 Å². The van der Waals surface area contributed by atoms with E-state index in [2.05, 4.69) is 78.7 Å². The Morgan fingerprint density at radius 3 is 2.57 bits per heavy atom. The SMILES string of the molecule is CCC1(CC)CN(c2ccc(I)cc2Cl)C(C(C)C)CN1. The van der Waals surface area contributed by atoms with E-state index >= 15 is 0 Å². The molecule has 0 aliphatic carbocycles. The van der Waals surface area contributed by atoms with Gasteiger partial charge in [-0.05, 0) is 59.5 Å². The van der Waals surface area contributed by atoms with Crippen molar-refractivity contribution in [2.45, 2.75) is 52.1 Å². The van der Waals surface area contributed by atoms with Crippen LogP contribution in [0.5, 0.6) is 0 Å². The first kappa shape index (κ1) is 17.4. The highest BCUT2D eigenvalue weighted by molar-refractivity contribution is 14.1. The van der Waals surface area contributed by atoms with Gasteiger partial charge in [0, 0.05) is 28.2 Å². The third-order valence-electron chi connectivity index (χ3n) is 4.90. The second-order valence-electron chi connectivity index (χ2n) is 6.40. The molecule has 0 saturated carbocycles. The van der Waals surface area contributed by atoms with Gasteiger partial charge in [0.25, 0.3) is 0 Å². The van der Waals surface area contributed by atoms with Gasteiger partial charge in [0.05, 0.1) is 10.7 Å². The third-order valence-corrected chi connectivity index (χ3v) is 5.88. The third kappa shape index (κ3) is 3.67. The highest BCUT2D eigenvalue weighted by Crippen LogP contribution is 2.35. The van der Waals surface area contributed by atoms with Crippen molar-refractivity contribution in [2.75, 3.05) is 18.0 Å². The first-order valence-corrected chi connectivity index (χ1v) is 9.35. The summed E-state index contributed by atoms with van der Waals surface area (Å²) >= 11 is 8.86. The molecule has 1 N–H and O–H groups in total. The number of hydrogen-bond donors (Lipinski definition) is 1. The predicted molar refractivity (Wildman–Crippen MR) is 101 cm³/mol. The molecule has 0 aromatic heterocycles. The number of piperazine rings is 1. The zero-order chi connectivity index (χ0) is 15.6. The molecule has 0 spiro atoms. The summed E-state index contributed by atoms with van der Waals surface area (Å²) in [5, 5.41) is 4.68. The van der Waals surface area contributed by atoms with Gasteiger partial charge in [0.2, 0.25) is 0 Å². The molecule has 1 aromatic carbocycles. The number of hydrogen-bond acceptors (Lipinski definition) is 2. The van der Waals surface area contributed by atoms with Crippen LogP contribution in [0.4, 0.5) is 5.69 Å². The molecule has 21 heavy (non-hydrogen) atoms. The quantitative estimate of drug-likeness (QED) is 0.694. The van der Waals surface area contributed by atoms with Crippen molar-refractivity contribution >= 4 is 39.9 Å². The van der Waals surface area contributed by atoms with Crippen LogP contribution in [0.1, 0.15) is 40.5 Å². The van der Waals surface area contributed by atoms with Gasteiger partial charge in [-0.3, -0.25) is 0 Å². The maximum Gasteiger partial charge on any atom is 0.0650 e. The fourth-order valence-corrected chi connectivity index (χ4v) is 4.19. The molecule has 0 radical (unpaired) electrons. The fraction of sp³-hybridized carbons (Fsp3) is 0.647. The van der Waals surface area contributed by atoms with Gasteiger partial charge in [-0.25, -0.2) is 0 Å². The lowest BCUT2D eigenvalue weighted by Gasteiger charge is -2.50. The van der Waals surface area contributed by atoms with Crippen molar-refractivity contribution in [3.8, 4) is 0 Å². The molecule has 1 unspecified atom stereocenters. The topological polar surface area (TPSA) is 15.3 Å². The standard InChI is InChI=1S/C17H26ClIN2/c1-5-17(6-2)11-21(16(10-20-17)12(3)4)15-8-7-13(19)9-14(15)18/h7-9,12,16,20H,5-6,10-11H2,1-4H3. The summed E-state index contributed by atoms with van der Waals surface area (Å²) in [7, 11) is 0. The van der Waals surface area contributed by atoms with Crippen LogP contribution in [0.3, 0.4) is 0 Å². The van der Waals surface area contributed by atoms with Crippen molar-refractivity contribution in [3.05, 3.63) is 26.8 Å². The number of rotatable bonds is 4. The minimum atomic E-state index is 0.206. The smallest absolute Gasteiger partial charge is 0.0650 e. The molecule has 1 aromatic rings. The van der Waals surface area contributed by atoms with Gasteiger partial charge < -0.3 is 10.2 Å². The Bertz CT molecular complexity index is 486. The molecule has 0 bridgehead atoms. The second-order valence-corrected chi connectivity index (χ2v) is 8.06. The summed E-state index contributed by atoms with van der Waals surface area (Å²) in [5.74, 6) is 0.597. The van der Waals surface area contributed by atoms with E-state index in [0.29, 0.717) is 12.0 Å². The number of nitrogens with one attached hydrogen (secondary N) is 1. The molecule has 1 saturated heterocycles. The Morgan fingerprint density at radius 2 is 2.05 bits per heavy atom. The number of nitrogens with zero attached hydrogens (tertiary/aromatic N) is 1. The molecule has 0 amide bonds. The zero-order valence-corrected chi connectivity index (χ0v) is 16.3. The predicted octanol–water partition coefficient (Wildman–Crippen LogP) is 4.94. The van der Waals surface area contributed by atoms with Crippen LogP contribution in [0.15, 0.2) is 18.2 Å². The lowest BCUT2D eigenvalue weighted by molar-refractivity contribution is 0.227. The van der Waals surface area contributed by atoms with Crippen LogP contribution in [0, 0.1) is 9.49 Å². The maximum atomic E-state index is 6.55. The molecular formula is C17H26ClIN2. The van der Waals surface area contributed by atoms with E-state index in [1.165, 1.54) is 9.26 Å². The number of halogens is 2. The van der Waals surface area contributed by atoms with Crippen molar-refractivity contribution in [3.63, 3.8) is 0 Å². The van der Waals surface area contributed by atoms with E-state index in [-0.39, 0.29) is 5.54 Å². The molecule has 1 fully saturated rings. The minimum Gasteiger partial charge on any atom is -0.364 e. The molecular weight excluding hydrogens is 395 g/mol. The summed E-state index contributed by atoms with van der Waals surface area (Å²) < 4.78 is 1.19. The van der Waals surface area contributed by atoms with Gasteiger partial charge in [-0.2, -0.15) is 0 Å². The highest BCUT2D eigenvalue weighted by atomic mass is 127. The van der Waals surface area contributed by atoms with Crippen LogP contribution in [-0.2, 0) is 0 Å². The van der Waals surface area contributed by atoms with E-state index in [1.54, 1.807) is 0 Å². The van der Waals surface area contributed by atoms with Crippen molar-refractivity contribution in [2.24, 2.45) is 5.92 Å². The van der Waals surface area contributed by atoms with Crippen LogP contribution in [0.2, 0.25) is 5.02 Å². The molecule has 2 rings (SSSR count). The number of benzene rings is 1. The van der Waals surface area contributed by atoms with Crippen molar-refractivity contribution in [1.82, 2.24) is 5.32 Å². The van der Waals surface area contributed by atoms with Crippen LogP contribution < -0.4 is 10.2 Å². The van der Waals surface area contributed by atoms with Crippen molar-refractivity contribution in [1.29, 1.82) is 0 Å². The zero-order valence-electron chi connectivity index (χ0n) is 13.4. The molecule has 1 aliphatic heterocycles. The Hall–Kier alpha value is -0.000000000000000132. The minimum absolute atomic E-state index is 0.206. The molecule has 2 nitrogen and oxygen atoms in total. The molecule has 4 heteroatoms. The Kier molecular flexibility index (Phi) is 5.83. The Labute approximate surface area is 147 Å².